The van der Waals surface area contributed by atoms with E-state index in [9.17, 15) is 4.79 Å². The van der Waals surface area contributed by atoms with Crippen LogP contribution in [0.2, 0.25) is 0 Å². The van der Waals surface area contributed by atoms with Gasteiger partial charge in [0.15, 0.2) is 5.82 Å². The third kappa shape index (κ3) is 1.49. The first kappa shape index (κ1) is 9.18. The van der Waals surface area contributed by atoms with Gasteiger partial charge in [-0.05, 0) is 19.8 Å². The lowest BCUT2D eigenvalue weighted by molar-refractivity contribution is -0.138. The number of hydrogen-bond donors (Lipinski definition) is 2. The van der Waals surface area contributed by atoms with E-state index >= 15 is 0 Å². The van der Waals surface area contributed by atoms with Crippen molar-refractivity contribution in [2.45, 2.75) is 38.0 Å². The van der Waals surface area contributed by atoms with Crippen molar-refractivity contribution in [3.05, 3.63) is 11.6 Å². The average molecular weight is 195 g/mol. The third-order valence-corrected chi connectivity index (χ3v) is 2.77. The molecule has 0 aliphatic heterocycles. The van der Waals surface area contributed by atoms with Crippen LogP contribution in [0.15, 0.2) is 0 Å². The van der Waals surface area contributed by atoms with Gasteiger partial charge in [0.2, 0.25) is 0 Å². The summed E-state index contributed by atoms with van der Waals surface area (Å²) in [6.07, 6.45) is 3.50. The number of nitrogens with one attached hydrogen (secondary N) is 1. The zero-order valence-electron chi connectivity index (χ0n) is 8.03. The number of carboxylic acid groups (broad SMARTS) is 1. The summed E-state index contributed by atoms with van der Waals surface area (Å²) in [6, 6.07) is 0. The van der Waals surface area contributed by atoms with E-state index in [2.05, 4.69) is 15.2 Å². The largest absolute Gasteiger partial charge is 0.481 e. The Morgan fingerprint density at radius 3 is 2.86 bits per heavy atom. The van der Waals surface area contributed by atoms with Crippen molar-refractivity contribution >= 4 is 5.97 Å². The maximum absolute atomic E-state index is 10.7. The fourth-order valence-corrected chi connectivity index (χ4v) is 1.46. The van der Waals surface area contributed by atoms with Gasteiger partial charge < -0.3 is 5.11 Å². The zero-order chi connectivity index (χ0) is 10.1. The van der Waals surface area contributed by atoms with Crippen LogP contribution in [0, 0.1) is 0 Å². The molecule has 0 aromatic carbocycles. The second kappa shape index (κ2) is 3.40. The number of carbonyl (C=O) groups is 1. The van der Waals surface area contributed by atoms with Gasteiger partial charge in [0.05, 0.1) is 0 Å². The number of rotatable bonds is 3. The number of aliphatic carboxylic acids is 1. The summed E-state index contributed by atoms with van der Waals surface area (Å²) >= 11 is 0. The molecule has 1 fully saturated rings. The minimum atomic E-state index is -0.885. The van der Waals surface area contributed by atoms with E-state index in [4.69, 9.17) is 5.11 Å². The van der Waals surface area contributed by atoms with Crippen LogP contribution < -0.4 is 0 Å². The Labute approximate surface area is 81.6 Å². The van der Waals surface area contributed by atoms with Gasteiger partial charge >= 0.3 is 5.97 Å². The number of aromatic amines is 1. The van der Waals surface area contributed by atoms with Gasteiger partial charge in [0, 0.05) is 5.92 Å². The van der Waals surface area contributed by atoms with E-state index in [1.165, 1.54) is 6.42 Å². The topological polar surface area (TPSA) is 78.9 Å². The summed E-state index contributed by atoms with van der Waals surface area (Å²) in [4.78, 5) is 14.9. The van der Waals surface area contributed by atoms with Crippen LogP contribution in [0.1, 0.15) is 49.7 Å². The number of H-pyrrole nitrogens is 1. The van der Waals surface area contributed by atoms with Crippen LogP contribution >= 0.6 is 0 Å². The average Bonchev–Trinajstić information content (AvgIpc) is 2.48. The molecule has 5 heteroatoms. The van der Waals surface area contributed by atoms with Gasteiger partial charge in [-0.2, -0.15) is 5.10 Å². The van der Waals surface area contributed by atoms with Crippen molar-refractivity contribution < 1.29 is 9.90 Å². The highest BCUT2D eigenvalue weighted by molar-refractivity contribution is 5.74. The Morgan fingerprint density at radius 1 is 1.64 bits per heavy atom. The van der Waals surface area contributed by atoms with E-state index in [0.717, 1.165) is 18.7 Å². The van der Waals surface area contributed by atoms with E-state index in [-0.39, 0.29) is 0 Å². The summed E-state index contributed by atoms with van der Waals surface area (Å²) in [5.74, 6) is 0.195. The van der Waals surface area contributed by atoms with Crippen molar-refractivity contribution in [3.63, 3.8) is 0 Å². The molecule has 2 rings (SSSR count). The summed E-state index contributed by atoms with van der Waals surface area (Å²) in [5, 5.41) is 15.5. The van der Waals surface area contributed by atoms with Crippen molar-refractivity contribution in [2.24, 2.45) is 0 Å². The Balaban J connectivity index is 2.12. The van der Waals surface area contributed by atoms with Crippen molar-refractivity contribution in [3.8, 4) is 0 Å². The fourth-order valence-electron chi connectivity index (χ4n) is 1.46. The molecular formula is C9H13N3O2. The first-order valence-electron chi connectivity index (χ1n) is 4.83. The molecule has 1 saturated carbocycles. The van der Waals surface area contributed by atoms with Gasteiger partial charge in [-0.1, -0.05) is 6.42 Å². The number of aromatic nitrogens is 3. The van der Waals surface area contributed by atoms with E-state index in [1.807, 2.05) is 0 Å². The smallest absolute Gasteiger partial charge is 0.314 e. The monoisotopic (exact) mass is 195 g/mol. The minimum Gasteiger partial charge on any atom is -0.481 e. The van der Waals surface area contributed by atoms with Crippen LogP contribution in [-0.4, -0.2) is 26.3 Å². The van der Waals surface area contributed by atoms with Gasteiger partial charge in [-0.25, -0.2) is 4.98 Å². The van der Waals surface area contributed by atoms with Crippen LogP contribution in [0.5, 0.6) is 0 Å². The van der Waals surface area contributed by atoms with Crippen LogP contribution in [-0.2, 0) is 4.79 Å². The SMILES string of the molecule is CC(C(=O)O)c1n[nH]c(C2CCC2)n1. The van der Waals surface area contributed by atoms with Gasteiger partial charge in [-0.3, -0.25) is 9.89 Å². The molecule has 1 aliphatic rings. The maximum atomic E-state index is 10.7. The molecule has 1 atom stereocenters. The summed E-state index contributed by atoms with van der Waals surface area (Å²) in [7, 11) is 0. The Bertz CT molecular complexity index is 344. The molecule has 1 heterocycles. The molecule has 0 amide bonds. The van der Waals surface area contributed by atoms with Gasteiger partial charge in [0.1, 0.15) is 11.7 Å². The second-order valence-corrected chi connectivity index (χ2v) is 3.77. The molecule has 2 N–H and O–H groups in total. The Kier molecular flexibility index (Phi) is 2.23. The van der Waals surface area contributed by atoms with Crippen LogP contribution in [0.25, 0.3) is 0 Å². The van der Waals surface area contributed by atoms with Crippen LogP contribution in [0.4, 0.5) is 0 Å². The Morgan fingerprint density at radius 2 is 2.36 bits per heavy atom. The lowest BCUT2D eigenvalue weighted by atomic mass is 9.85. The number of nitrogens with zero attached hydrogens (tertiary/aromatic N) is 2. The predicted octanol–water partition coefficient (Wildman–Crippen LogP) is 1.26. The molecule has 1 aliphatic carbocycles. The lowest BCUT2D eigenvalue weighted by Crippen LogP contribution is -2.11. The summed E-state index contributed by atoms with van der Waals surface area (Å²) in [6.45, 7) is 1.59. The molecule has 14 heavy (non-hydrogen) atoms. The quantitative estimate of drug-likeness (QED) is 0.761. The molecule has 1 aromatic heterocycles. The van der Waals surface area contributed by atoms with Gasteiger partial charge in [-0.15, -0.1) is 0 Å². The highest BCUT2D eigenvalue weighted by atomic mass is 16.4. The molecule has 76 valence electrons. The lowest BCUT2D eigenvalue weighted by Gasteiger charge is -2.22. The highest BCUT2D eigenvalue weighted by Crippen LogP contribution is 2.34. The normalized spacial score (nSPS) is 18.9. The molecule has 1 unspecified atom stereocenters. The highest BCUT2D eigenvalue weighted by Gasteiger charge is 2.25. The van der Waals surface area contributed by atoms with E-state index < -0.39 is 11.9 Å². The molecule has 0 spiro atoms. The number of carboxylic acids is 1. The van der Waals surface area contributed by atoms with Crippen molar-refractivity contribution in [1.29, 1.82) is 0 Å². The zero-order valence-corrected chi connectivity index (χ0v) is 8.03. The Hall–Kier alpha value is -1.39. The van der Waals surface area contributed by atoms with Crippen molar-refractivity contribution in [1.82, 2.24) is 15.2 Å². The van der Waals surface area contributed by atoms with E-state index in [1.54, 1.807) is 6.92 Å². The maximum Gasteiger partial charge on any atom is 0.314 e. The van der Waals surface area contributed by atoms with Gasteiger partial charge in [0.25, 0.3) is 0 Å². The van der Waals surface area contributed by atoms with Crippen molar-refractivity contribution in [2.75, 3.05) is 0 Å². The first-order chi connectivity index (χ1) is 6.68. The third-order valence-electron chi connectivity index (χ3n) is 2.77. The molecule has 0 radical (unpaired) electrons. The minimum absolute atomic E-state index is 0.388. The summed E-state index contributed by atoms with van der Waals surface area (Å²) in [5.41, 5.74) is 0. The first-order valence-corrected chi connectivity index (χ1v) is 4.83. The molecule has 5 nitrogen and oxygen atoms in total. The number of hydrogen-bond acceptors (Lipinski definition) is 3. The molecule has 1 aromatic rings. The van der Waals surface area contributed by atoms with Crippen LogP contribution in [0.3, 0.4) is 0 Å². The molecular weight excluding hydrogens is 182 g/mol. The van der Waals surface area contributed by atoms with E-state index in [0.29, 0.717) is 11.7 Å². The predicted molar refractivity (Wildman–Crippen MR) is 49.0 cm³/mol. The standard InChI is InChI=1S/C9H13N3O2/c1-5(9(13)14)7-10-8(12-11-7)6-3-2-4-6/h5-6H,2-4H2,1H3,(H,13,14)(H,10,11,12). The second-order valence-electron chi connectivity index (χ2n) is 3.77. The fraction of sp³-hybridized carbons (Fsp3) is 0.667. The molecule has 0 bridgehead atoms. The summed E-state index contributed by atoms with van der Waals surface area (Å²) < 4.78 is 0. The molecule has 0 saturated heterocycles.